The van der Waals surface area contributed by atoms with E-state index in [4.69, 9.17) is 0 Å². The maximum Gasteiger partial charge on any atom is 0.274 e. The summed E-state index contributed by atoms with van der Waals surface area (Å²) in [6.07, 6.45) is 3.92. The Bertz CT molecular complexity index is 1200. The van der Waals surface area contributed by atoms with Gasteiger partial charge in [-0.05, 0) is 101 Å². The average Bonchev–Trinajstić information content (AvgIpc) is 3.52. The van der Waals surface area contributed by atoms with Crippen LogP contribution in [0.3, 0.4) is 0 Å². The van der Waals surface area contributed by atoms with Crippen LogP contribution in [0.4, 0.5) is 5.69 Å². The molecule has 0 aliphatic heterocycles. The average molecular weight is 561 g/mol. The number of hydrogen-bond acceptors (Lipinski definition) is 4. The van der Waals surface area contributed by atoms with Crippen LogP contribution < -0.4 is 10.6 Å². The van der Waals surface area contributed by atoms with Crippen LogP contribution in [-0.2, 0) is 0 Å². The minimum atomic E-state index is -0.401. The van der Waals surface area contributed by atoms with E-state index in [0.717, 1.165) is 24.0 Å². The summed E-state index contributed by atoms with van der Waals surface area (Å²) >= 11 is 6.87. The van der Waals surface area contributed by atoms with Gasteiger partial charge in [-0.3, -0.25) is 9.59 Å². The lowest BCUT2D eigenvalue weighted by Gasteiger charge is -2.17. The predicted molar refractivity (Wildman–Crippen MR) is 130 cm³/mol. The normalized spacial score (nSPS) is 14.2. The first kappa shape index (κ1) is 22.7. The molecule has 1 fully saturated rings. The molecule has 166 valence electrons. The van der Waals surface area contributed by atoms with E-state index >= 15 is 0 Å². The molecule has 3 aromatic rings. The highest BCUT2D eigenvalue weighted by atomic mass is 79.9. The Morgan fingerprint density at radius 1 is 1.16 bits per heavy atom. The Kier molecular flexibility index (Phi) is 6.48. The molecule has 9 heteroatoms. The van der Waals surface area contributed by atoms with Gasteiger partial charge in [0.25, 0.3) is 11.8 Å². The minimum Gasteiger partial charge on any atom is -0.349 e. The molecule has 2 heterocycles. The first-order valence-electron chi connectivity index (χ1n) is 10.3. The van der Waals surface area contributed by atoms with Gasteiger partial charge in [0.2, 0.25) is 0 Å². The SMILES string of the molecule is Cc1cc(Br)c(NC(=O)c2cc(Br)nn2-c2ncccc2C)c(C(=O)NC(C)C2CC2)c1. The van der Waals surface area contributed by atoms with E-state index in [0.29, 0.717) is 37.8 Å². The van der Waals surface area contributed by atoms with Gasteiger partial charge in [0.05, 0.1) is 11.3 Å². The molecule has 2 amide bonds. The number of pyridine rings is 1. The fourth-order valence-corrected chi connectivity index (χ4v) is 4.65. The molecule has 4 rings (SSSR count). The van der Waals surface area contributed by atoms with Gasteiger partial charge in [-0.2, -0.15) is 5.10 Å². The van der Waals surface area contributed by atoms with Crippen LogP contribution in [0.25, 0.3) is 5.82 Å². The second kappa shape index (κ2) is 9.15. The largest absolute Gasteiger partial charge is 0.349 e. The lowest BCUT2D eigenvalue weighted by atomic mass is 10.1. The highest BCUT2D eigenvalue weighted by Crippen LogP contribution is 2.33. The molecular weight excluding hydrogens is 538 g/mol. The van der Waals surface area contributed by atoms with E-state index in [9.17, 15) is 9.59 Å². The number of anilines is 1. The summed E-state index contributed by atoms with van der Waals surface area (Å²) in [4.78, 5) is 30.7. The number of carbonyl (C=O) groups excluding carboxylic acids is 2. The van der Waals surface area contributed by atoms with E-state index in [1.807, 2.05) is 39.0 Å². The maximum absolute atomic E-state index is 13.3. The molecular formula is C23H23Br2N5O2. The minimum absolute atomic E-state index is 0.0925. The number of nitrogens with one attached hydrogen (secondary N) is 2. The number of hydrogen-bond donors (Lipinski definition) is 2. The molecule has 1 atom stereocenters. The van der Waals surface area contributed by atoms with Crippen molar-refractivity contribution in [2.24, 2.45) is 5.92 Å². The zero-order chi connectivity index (χ0) is 23.0. The fourth-order valence-electron chi connectivity index (χ4n) is 3.60. The van der Waals surface area contributed by atoms with Crippen LogP contribution in [0.1, 0.15) is 51.7 Å². The number of aryl methyl sites for hydroxylation is 2. The molecule has 0 radical (unpaired) electrons. The molecule has 0 spiro atoms. The number of amides is 2. The topological polar surface area (TPSA) is 88.9 Å². The van der Waals surface area contributed by atoms with Gasteiger partial charge >= 0.3 is 0 Å². The van der Waals surface area contributed by atoms with Crippen LogP contribution in [0, 0.1) is 19.8 Å². The van der Waals surface area contributed by atoms with Crippen LogP contribution >= 0.6 is 31.9 Å². The number of aromatic nitrogens is 3. The molecule has 32 heavy (non-hydrogen) atoms. The summed E-state index contributed by atoms with van der Waals surface area (Å²) in [5.41, 5.74) is 2.92. The van der Waals surface area contributed by atoms with Gasteiger partial charge in [-0.1, -0.05) is 6.07 Å². The van der Waals surface area contributed by atoms with Crippen molar-refractivity contribution < 1.29 is 9.59 Å². The smallest absolute Gasteiger partial charge is 0.274 e. The van der Waals surface area contributed by atoms with Crippen molar-refractivity contribution in [2.45, 2.75) is 39.7 Å². The number of benzene rings is 1. The molecule has 0 bridgehead atoms. The van der Waals surface area contributed by atoms with Crippen molar-refractivity contribution in [1.29, 1.82) is 0 Å². The molecule has 7 nitrogen and oxygen atoms in total. The Balaban J connectivity index is 1.67. The number of rotatable bonds is 6. The van der Waals surface area contributed by atoms with Crippen LogP contribution in [0.5, 0.6) is 0 Å². The summed E-state index contributed by atoms with van der Waals surface area (Å²) in [6, 6.07) is 9.10. The molecule has 2 N–H and O–H groups in total. The Morgan fingerprint density at radius 3 is 2.59 bits per heavy atom. The highest BCUT2D eigenvalue weighted by Gasteiger charge is 2.30. The zero-order valence-electron chi connectivity index (χ0n) is 17.9. The lowest BCUT2D eigenvalue weighted by Crippen LogP contribution is -2.34. The van der Waals surface area contributed by atoms with E-state index < -0.39 is 5.91 Å². The monoisotopic (exact) mass is 559 g/mol. The third-order valence-corrected chi connectivity index (χ3v) is 6.51. The standard InChI is InChI=1S/C23H23Br2N5O2/c1-12-9-16(22(31)27-14(3)15-6-7-15)20(17(24)10-12)28-23(32)18-11-19(25)29-30(18)21-13(2)5-4-8-26-21/h4-5,8-11,14-15H,6-7H2,1-3H3,(H,27,31)(H,28,32). The second-order valence-corrected chi connectivity index (χ2v) is 9.80. The molecule has 1 saturated carbocycles. The van der Waals surface area contributed by atoms with Crippen molar-refractivity contribution in [1.82, 2.24) is 20.1 Å². The van der Waals surface area contributed by atoms with Crippen molar-refractivity contribution in [2.75, 3.05) is 5.32 Å². The van der Waals surface area contributed by atoms with Crippen LogP contribution in [0.2, 0.25) is 0 Å². The molecule has 1 aliphatic carbocycles. The van der Waals surface area contributed by atoms with E-state index in [1.54, 1.807) is 18.3 Å². The van der Waals surface area contributed by atoms with E-state index in [-0.39, 0.29) is 11.9 Å². The fraction of sp³-hybridized carbons (Fsp3) is 0.304. The first-order valence-corrected chi connectivity index (χ1v) is 11.9. The van der Waals surface area contributed by atoms with Gasteiger partial charge < -0.3 is 10.6 Å². The van der Waals surface area contributed by atoms with E-state index in [1.165, 1.54) is 4.68 Å². The molecule has 1 unspecified atom stereocenters. The summed E-state index contributed by atoms with van der Waals surface area (Å²) in [5, 5.41) is 10.4. The Labute approximate surface area is 203 Å². The van der Waals surface area contributed by atoms with Crippen molar-refractivity contribution in [3.63, 3.8) is 0 Å². The van der Waals surface area contributed by atoms with Crippen molar-refractivity contribution in [3.8, 4) is 5.82 Å². The quantitative estimate of drug-likeness (QED) is 0.434. The summed E-state index contributed by atoms with van der Waals surface area (Å²) < 4.78 is 2.63. The molecule has 2 aromatic heterocycles. The van der Waals surface area contributed by atoms with Crippen LogP contribution in [-0.4, -0.2) is 32.6 Å². The van der Waals surface area contributed by atoms with E-state index in [2.05, 4.69) is 52.6 Å². The summed E-state index contributed by atoms with van der Waals surface area (Å²) in [6.45, 7) is 5.83. The third-order valence-electron chi connectivity index (χ3n) is 5.50. The van der Waals surface area contributed by atoms with Gasteiger partial charge in [0, 0.05) is 22.8 Å². The van der Waals surface area contributed by atoms with Gasteiger partial charge in [0.1, 0.15) is 10.3 Å². The summed E-state index contributed by atoms with van der Waals surface area (Å²) in [5.74, 6) is 0.475. The molecule has 1 aromatic carbocycles. The first-order chi connectivity index (χ1) is 15.2. The second-order valence-electron chi connectivity index (χ2n) is 8.13. The van der Waals surface area contributed by atoms with Crippen molar-refractivity contribution in [3.05, 3.63) is 68.0 Å². The number of nitrogens with zero attached hydrogens (tertiary/aromatic N) is 3. The number of carbonyl (C=O) groups is 2. The molecule has 0 saturated heterocycles. The van der Waals surface area contributed by atoms with Gasteiger partial charge in [-0.25, -0.2) is 9.67 Å². The Hall–Kier alpha value is -2.52. The van der Waals surface area contributed by atoms with Gasteiger partial charge in [0.15, 0.2) is 5.82 Å². The third kappa shape index (κ3) is 4.78. The maximum atomic E-state index is 13.3. The predicted octanol–water partition coefficient (Wildman–Crippen LogP) is 5.19. The summed E-state index contributed by atoms with van der Waals surface area (Å²) in [7, 11) is 0. The Morgan fingerprint density at radius 2 is 1.91 bits per heavy atom. The highest BCUT2D eigenvalue weighted by molar-refractivity contribution is 9.10. The van der Waals surface area contributed by atoms with Gasteiger partial charge in [-0.15, -0.1) is 0 Å². The number of halogens is 2. The molecule has 1 aliphatic rings. The van der Waals surface area contributed by atoms with Crippen LogP contribution in [0.15, 0.2) is 45.6 Å². The van der Waals surface area contributed by atoms with Crippen molar-refractivity contribution >= 4 is 49.4 Å². The zero-order valence-corrected chi connectivity index (χ0v) is 21.1. The lowest BCUT2D eigenvalue weighted by molar-refractivity contribution is 0.0936.